The van der Waals surface area contributed by atoms with E-state index in [1.54, 1.807) is 16.2 Å². The summed E-state index contributed by atoms with van der Waals surface area (Å²) in [4.78, 5) is 17.6. The number of hydrogen-bond acceptors (Lipinski definition) is 4. The summed E-state index contributed by atoms with van der Waals surface area (Å²) in [6, 6.07) is 4.41. The number of carbonyl (C=O) groups is 1. The lowest BCUT2D eigenvalue weighted by Crippen LogP contribution is -2.57. The third-order valence-electron chi connectivity index (χ3n) is 3.51. The molecule has 1 fully saturated rings. The van der Waals surface area contributed by atoms with Gasteiger partial charge in [-0.2, -0.15) is 0 Å². The van der Waals surface area contributed by atoms with E-state index >= 15 is 0 Å². The maximum absolute atomic E-state index is 12.3. The minimum atomic E-state index is -0.0698. The average molecular weight is 346 g/mol. The van der Waals surface area contributed by atoms with Crippen LogP contribution < -0.4 is 5.32 Å². The van der Waals surface area contributed by atoms with E-state index in [0.29, 0.717) is 0 Å². The molecule has 1 aromatic heterocycles. The Kier molecular flexibility index (Phi) is 5.00. The van der Waals surface area contributed by atoms with E-state index < -0.39 is 0 Å². The fourth-order valence-corrected chi connectivity index (χ4v) is 3.92. The van der Waals surface area contributed by atoms with Crippen LogP contribution in [0.4, 0.5) is 0 Å². The van der Waals surface area contributed by atoms with Gasteiger partial charge in [0.2, 0.25) is 5.91 Å². The fraction of sp³-hybridized carbons (Fsp3) is 0.615. The first kappa shape index (κ1) is 15.0. The molecule has 2 rings (SSSR count). The van der Waals surface area contributed by atoms with Gasteiger partial charge in [0.1, 0.15) is 6.04 Å². The van der Waals surface area contributed by atoms with Crippen molar-refractivity contribution in [2.45, 2.75) is 19.0 Å². The van der Waals surface area contributed by atoms with E-state index in [0.717, 1.165) is 23.4 Å². The van der Waals surface area contributed by atoms with Crippen LogP contribution in [0.25, 0.3) is 0 Å². The largest absolute Gasteiger partial charge is 0.347 e. The Morgan fingerprint density at radius 2 is 2.32 bits per heavy atom. The highest BCUT2D eigenvalue weighted by Gasteiger charge is 2.33. The standard InChI is InChI=1S/C13H20BrN3OS/c1-9(11-4-5-12(14)19-11)17-7-6-15-8-10(17)13(18)16(2)3/h4-5,9-10,15H,6-8H2,1-3H3. The molecule has 0 aliphatic carbocycles. The zero-order valence-corrected chi connectivity index (χ0v) is 13.9. The van der Waals surface area contributed by atoms with Gasteiger partial charge < -0.3 is 10.2 Å². The number of likely N-dealkylation sites (N-methyl/N-ethyl adjacent to an activating group) is 1. The van der Waals surface area contributed by atoms with Gasteiger partial charge >= 0.3 is 0 Å². The van der Waals surface area contributed by atoms with Crippen LogP contribution in [0.15, 0.2) is 15.9 Å². The molecule has 4 nitrogen and oxygen atoms in total. The fourth-order valence-electron chi connectivity index (χ4n) is 2.43. The van der Waals surface area contributed by atoms with Crippen LogP contribution in [0.2, 0.25) is 0 Å². The van der Waals surface area contributed by atoms with Crippen molar-refractivity contribution in [2.75, 3.05) is 33.7 Å². The SMILES string of the molecule is CC(c1ccc(Br)s1)N1CCNCC1C(=O)N(C)C. The number of amides is 1. The topological polar surface area (TPSA) is 35.6 Å². The number of rotatable bonds is 3. The summed E-state index contributed by atoms with van der Waals surface area (Å²) in [5.74, 6) is 0.176. The lowest BCUT2D eigenvalue weighted by atomic mass is 10.1. The number of halogens is 1. The van der Waals surface area contributed by atoms with Crippen molar-refractivity contribution in [3.8, 4) is 0 Å². The van der Waals surface area contributed by atoms with Crippen molar-refractivity contribution in [3.05, 3.63) is 20.8 Å². The molecule has 2 atom stereocenters. The summed E-state index contributed by atoms with van der Waals surface area (Å²) >= 11 is 5.25. The summed E-state index contributed by atoms with van der Waals surface area (Å²) < 4.78 is 1.14. The molecule has 1 amide bonds. The van der Waals surface area contributed by atoms with Gasteiger partial charge in [-0.05, 0) is 35.0 Å². The smallest absolute Gasteiger partial charge is 0.240 e. The van der Waals surface area contributed by atoms with Gasteiger partial charge in [-0.3, -0.25) is 9.69 Å². The first-order chi connectivity index (χ1) is 9.00. The predicted molar refractivity (Wildman–Crippen MR) is 82.5 cm³/mol. The summed E-state index contributed by atoms with van der Waals surface area (Å²) in [7, 11) is 3.64. The summed E-state index contributed by atoms with van der Waals surface area (Å²) in [6.45, 7) is 4.75. The predicted octanol–water partition coefficient (Wildman–Crippen LogP) is 1.93. The van der Waals surface area contributed by atoms with E-state index in [4.69, 9.17) is 0 Å². The number of nitrogens with one attached hydrogen (secondary N) is 1. The molecule has 2 unspecified atom stereocenters. The minimum absolute atomic E-state index is 0.0698. The van der Waals surface area contributed by atoms with Crippen LogP contribution in [-0.4, -0.2) is 55.5 Å². The minimum Gasteiger partial charge on any atom is -0.347 e. The Bertz CT molecular complexity index is 449. The number of piperazine rings is 1. The van der Waals surface area contributed by atoms with E-state index in [-0.39, 0.29) is 18.0 Å². The number of nitrogens with zero attached hydrogens (tertiary/aromatic N) is 2. The molecule has 1 aliphatic rings. The Morgan fingerprint density at radius 1 is 1.58 bits per heavy atom. The molecule has 0 aromatic carbocycles. The summed E-state index contributed by atoms with van der Waals surface area (Å²) in [6.07, 6.45) is 0. The second-order valence-electron chi connectivity index (χ2n) is 5.01. The maximum Gasteiger partial charge on any atom is 0.240 e. The normalized spacial score (nSPS) is 22.2. The molecule has 6 heteroatoms. The first-order valence-corrected chi connectivity index (χ1v) is 8.04. The van der Waals surface area contributed by atoms with Crippen molar-refractivity contribution in [3.63, 3.8) is 0 Å². The quantitative estimate of drug-likeness (QED) is 0.909. The van der Waals surface area contributed by atoms with Crippen molar-refractivity contribution in [1.29, 1.82) is 0 Å². The van der Waals surface area contributed by atoms with E-state index in [9.17, 15) is 4.79 Å². The van der Waals surface area contributed by atoms with E-state index in [1.165, 1.54) is 4.88 Å². The van der Waals surface area contributed by atoms with Crippen LogP contribution >= 0.6 is 27.3 Å². The highest BCUT2D eigenvalue weighted by molar-refractivity contribution is 9.11. The van der Waals surface area contributed by atoms with Gasteiger partial charge in [0.05, 0.1) is 3.79 Å². The number of carbonyl (C=O) groups excluding carboxylic acids is 1. The Balaban J connectivity index is 2.17. The summed E-state index contributed by atoms with van der Waals surface area (Å²) in [5, 5.41) is 3.32. The number of hydrogen-bond donors (Lipinski definition) is 1. The second-order valence-corrected chi connectivity index (χ2v) is 7.50. The molecule has 0 bridgehead atoms. The van der Waals surface area contributed by atoms with Crippen LogP contribution in [-0.2, 0) is 4.79 Å². The molecule has 19 heavy (non-hydrogen) atoms. The zero-order valence-electron chi connectivity index (χ0n) is 11.5. The molecule has 0 spiro atoms. The van der Waals surface area contributed by atoms with Gasteiger partial charge in [0, 0.05) is 44.6 Å². The molecule has 1 aliphatic heterocycles. The lowest BCUT2D eigenvalue weighted by molar-refractivity contribution is -0.136. The highest BCUT2D eigenvalue weighted by atomic mass is 79.9. The molecule has 1 saturated heterocycles. The highest BCUT2D eigenvalue weighted by Crippen LogP contribution is 2.32. The van der Waals surface area contributed by atoms with Crippen molar-refractivity contribution >= 4 is 33.2 Å². The average Bonchev–Trinajstić information content (AvgIpc) is 2.83. The van der Waals surface area contributed by atoms with Gasteiger partial charge in [0.25, 0.3) is 0 Å². The molecule has 2 heterocycles. The van der Waals surface area contributed by atoms with Gasteiger partial charge in [-0.1, -0.05) is 0 Å². The van der Waals surface area contributed by atoms with Gasteiger partial charge in [0.15, 0.2) is 0 Å². The molecule has 106 valence electrons. The van der Waals surface area contributed by atoms with Crippen LogP contribution in [0.1, 0.15) is 17.8 Å². The zero-order chi connectivity index (χ0) is 14.0. The second kappa shape index (κ2) is 6.35. The van der Waals surface area contributed by atoms with Gasteiger partial charge in [-0.25, -0.2) is 0 Å². The third-order valence-corrected chi connectivity index (χ3v) is 5.31. The van der Waals surface area contributed by atoms with Crippen LogP contribution in [0.3, 0.4) is 0 Å². The first-order valence-electron chi connectivity index (χ1n) is 6.43. The van der Waals surface area contributed by atoms with E-state index in [2.05, 4.69) is 45.2 Å². The Morgan fingerprint density at radius 3 is 2.89 bits per heavy atom. The molecular weight excluding hydrogens is 326 g/mol. The van der Waals surface area contributed by atoms with Gasteiger partial charge in [-0.15, -0.1) is 11.3 Å². The van der Waals surface area contributed by atoms with Crippen LogP contribution in [0, 0.1) is 0 Å². The Hall–Kier alpha value is -0.430. The third kappa shape index (κ3) is 3.37. The summed E-state index contributed by atoms with van der Waals surface area (Å²) in [5.41, 5.74) is 0. The Labute approximate surface area is 126 Å². The maximum atomic E-state index is 12.3. The number of thiophene rings is 1. The molecule has 0 radical (unpaired) electrons. The van der Waals surface area contributed by atoms with Crippen molar-refractivity contribution in [2.24, 2.45) is 0 Å². The molecule has 1 aromatic rings. The van der Waals surface area contributed by atoms with Crippen molar-refractivity contribution < 1.29 is 4.79 Å². The molecule has 1 N–H and O–H groups in total. The molecule has 0 saturated carbocycles. The van der Waals surface area contributed by atoms with E-state index in [1.807, 2.05) is 14.1 Å². The lowest BCUT2D eigenvalue weighted by Gasteiger charge is -2.39. The van der Waals surface area contributed by atoms with Crippen LogP contribution in [0.5, 0.6) is 0 Å². The monoisotopic (exact) mass is 345 g/mol. The molecular formula is C13H20BrN3OS. The van der Waals surface area contributed by atoms with Crippen molar-refractivity contribution in [1.82, 2.24) is 15.1 Å².